The lowest BCUT2D eigenvalue weighted by Gasteiger charge is -2.06. The van der Waals surface area contributed by atoms with Crippen molar-refractivity contribution in [1.82, 2.24) is 4.57 Å². The summed E-state index contributed by atoms with van der Waals surface area (Å²) in [6, 6.07) is 0. The Morgan fingerprint density at radius 1 is 0.680 bits per heavy atom. The van der Waals surface area contributed by atoms with Crippen molar-refractivity contribution < 1.29 is 4.57 Å². The van der Waals surface area contributed by atoms with E-state index in [9.17, 15) is 0 Å². The molecule has 2 heteroatoms. The quantitative estimate of drug-likeness (QED) is 0.215. The number of hydrogen-bond acceptors (Lipinski definition) is 0. The van der Waals surface area contributed by atoms with E-state index in [1.807, 2.05) is 0 Å². The predicted molar refractivity (Wildman–Crippen MR) is 110 cm³/mol. The van der Waals surface area contributed by atoms with Crippen molar-refractivity contribution >= 4 is 0 Å². The fraction of sp³-hybridized carbons (Fsp3) is 0.870. The molecule has 1 aromatic heterocycles. The molecular formula is C23H45N2+. The molecule has 25 heavy (non-hydrogen) atoms. The molecule has 0 unspecified atom stereocenters. The first-order chi connectivity index (χ1) is 12.3. The maximum Gasteiger partial charge on any atom is 0.256 e. The van der Waals surface area contributed by atoms with Crippen LogP contribution in [0.25, 0.3) is 0 Å². The van der Waals surface area contributed by atoms with Crippen molar-refractivity contribution in [2.75, 3.05) is 0 Å². The molecule has 0 amide bonds. The molecule has 0 saturated carbocycles. The molecule has 0 aliphatic rings. The summed E-state index contributed by atoms with van der Waals surface area (Å²) >= 11 is 0. The summed E-state index contributed by atoms with van der Waals surface area (Å²) in [5.74, 6) is 1.58. The smallest absolute Gasteiger partial charge is 0.234 e. The van der Waals surface area contributed by atoms with Crippen LogP contribution in [0.3, 0.4) is 0 Å². The van der Waals surface area contributed by atoms with Gasteiger partial charge in [0.05, 0.1) is 13.1 Å². The maximum atomic E-state index is 2.56. The van der Waals surface area contributed by atoms with E-state index >= 15 is 0 Å². The number of aromatic nitrogens is 2. The SMILES string of the molecule is CCCCCCCCn1cc[n+](CCCCC)c1CCCCCCC. The van der Waals surface area contributed by atoms with Gasteiger partial charge in [-0.2, -0.15) is 0 Å². The van der Waals surface area contributed by atoms with Gasteiger partial charge in [-0.25, -0.2) is 9.13 Å². The van der Waals surface area contributed by atoms with Crippen LogP contribution in [0.5, 0.6) is 0 Å². The average Bonchev–Trinajstić information content (AvgIpc) is 3.00. The summed E-state index contributed by atoms with van der Waals surface area (Å²) in [5, 5.41) is 0. The highest BCUT2D eigenvalue weighted by Gasteiger charge is 2.16. The van der Waals surface area contributed by atoms with Gasteiger partial charge in [-0.3, -0.25) is 0 Å². The second kappa shape index (κ2) is 15.5. The second-order valence-corrected chi connectivity index (χ2v) is 7.74. The average molecular weight is 350 g/mol. The highest BCUT2D eigenvalue weighted by Crippen LogP contribution is 2.11. The third kappa shape index (κ3) is 10.1. The lowest BCUT2D eigenvalue weighted by molar-refractivity contribution is -0.704. The minimum Gasteiger partial charge on any atom is -0.234 e. The largest absolute Gasteiger partial charge is 0.256 e. The minimum atomic E-state index is 1.21. The van der Waals surface area contributed by atoms with Crippen molar-refractivity contribution in [2.24, 2.45) is 0 Å². The highest BCUT2D eigenvalue weighted by atomic mass is 15.1. The van der Waals surface area contributed by atoms with E-state index in [2.05, 4.69) is 42.3 Å². The molecular weight excluding hydrogens is 304 g/mol. The van der Waals surface area contributed by atoms with Gasteiger partial charge in [0.25, 0.3) is 5.82 Å². The van der Waals surface area contributed by atoms with Crippen LogP contribution in [0.4, 0.5) is 0 Å². The first kappa shape index (κ1) is 22.3. The van der Waals surface area contributed by atoms with Gasteiger partial charge in [-0.15, -0.1) is 0 Å². The molecule has 1 rings (SSSR count). The summed E-state index contributed by atoms with van der Waals surface area (Å²) in [6.45, 7) is 9.32. The molecule has 0 radical (unpaired) electrons. The molecule has 0 bridgehead atoms. The van der Waals surface area contributed by atoms with Gasteiger partial charge in [0, 0.05) is 6.42 Å². The van der Waals surface area contributed by atoms with Crippen LogP contribution in [0.15, 0.2) is 12.4 Å². The molecule has 146 valence electrons. The van der Waals surface area contributed by atoms with Crippen molar-refractivity contribution in [1.29, 1.82) is 0 Å². The maximum absolute atomic E-state index is 2.56. The molecule has 0 spiro atoms. The molecule has 0 aromatic carbocycles. The molecule has 0 fully saturated rings. The number of aryl methyl sites for hydroxylation is 2. The molecule has 0 N–H and O–H groups in total. The zero-order valence-electron chi connectivity index (χ0n) is 17.6. The van der Waals surface area contributed by atoms with Crippen molar-refractivity contribution in [2.45, 2.75) is 130 Å². The Bertz CT molecular complexity index is 408. The van der Waals surface area contributed by atoms with E-state index in [1.54, 1.807) is 5.82 Å². The Kier molecular flexibility index (Phi) is 13.8. The Morgan fingerprint density at radius 2 is 1.24 bits per heavy atom. The van der Waals surface area contributed by atoms with Gasteiger partial charge in [0.2, 0.25) is 0 Å². The van der Waals surface area contributed by atoms with Crippen LogP contribution >= 0.6 is 0 Å². The highest BCUT2D eigenvalue weighted by molar-refractivity contribution is 4.84. The van der Waals surface area contributed by atoms with Gasteiger partial charge in [0.15, 0.2) is 0 Å². The van der Waals surface area contributed by atoms with Crippen molar-refractivity contribution in [3.8, 4) is 0 Å². The number of nitrogens with zero attached hydrogens (tertiary/aromatic N) is 2. The molecule has 0 aliphatic carbocycles. The lowest BCUT2D eigenvalue weighted by Crippen LogP contribution is -2.37. The zero-order valence-corrected chi connectivity index (χ0v) is 17.6. The van der Waals surface area contributed by atoms with E-state index in [-0.39, 0.29) is 0 Å². The number of rotatable bonds is 17. The fourth-order valence-corrected chi connectivity index (χ4v) is 3.67. The van der Waals surface area contributed by atoms with Crippen molar-refractivity contribution in [3.63, 3.8) is 0 Å². The Balaban J connectivity index is 2.46. The van der Waals surface area contributed by atoms with E-state index in [4.69, 9.17) is 0 Å². The minimum absolute atomic E-state index is 1.21. The molecule has 1 heterocycles. The van der Waals surface area contributed by atoms with Gasteiger partial charge in [-0.05, 0) is 32.1 Å². The van der Waals surface area contributed by atoms with Gasteiger partial charge in [0.1, 0.15) is 12.4 Å². The molecule has 0 aliphatic heterocycles. The topological polar surface area (TPSA) is 8.81 Å². The molecule has 1 aromatic rings. The van der Waals surface area contributed by atoms with Crippen LogP contribution in [0, 0.1) is 0 Å². The monoisotopic (exact) mass is 349 g/mol. The predicted octanol–water partition coefficient (Wildman–Crippen LogP) is 6.84. The summed E-state index contributed by atoms with van der Waals surface area (Å²) in [6.07, 6.45) is 25.2. The first-order valence-electron chi connectivity index (χ1n) is 11.4. The number of imidazole rings is 1. The van der Waals surface area contributed by atoms with Gasteiger partial charge < -0.3 is 0 Å². The summed E-state index contributed by atoms with van der Waals surface area (Å²) < 4.78 is 5.11. The number of hydrogen-bond donors (Lipinski definition) is 0. The third-order valence-corrected chi connectivity index (χ3v) is 5.35. The normalized spacial score (nSPS) is 11.3. The van der Waals surface area contributed by atoms with E-state index in [1.165, 1.54) is 109 Å². The summed E-state index contributed by atoms with van der Waals surface area (Å²) in [7, 11) is 0. The first-order valence-corrected chi connectivity index (χ1v) is 11.4. The summed E-state index contributed by atoms with van der Waals surface area (Å²) in [5.41, 5.74) is 0. The third-order valence-electron chi connectivity index (χ3n) is 5.35. The Labute approximate surface area is 158 Å². The fourth-order valence-electron chi connectivity index (χ4n) is 3.67. The van der Waals surface area contributed by atoms with E-state index in [0.717, 1.165) is 0 Å². The van der Waals surface area contributed by atoms with Gasteiger partial charge >= 0.3 is 0 Å². The zero-order chi connectivity index (χ0) is 18.2. The van der Waals surface area contributed by atoms with Crippen LogP contribution < -0.4 is 4.57 Å². The van der Waals surface area contributed by atoms with Crippen LogP contribution in [-0.4, -0.2) is 4.57 Å². The van der Waals surface area contributed by atoms with Crippen LogP contribution in [0.2, 0.25) is 0 Å². The van der Waals surface area contributed by atoms with Gasteiger partial charge in [-0.1, -0.05) is 78.6 Å². The molecule has 0 saturated heterocycles. The van der Waals surface area contributed by atoms with Crippen LogP contribution in [-0.2, 0) is 19.5 Å². The lowest BCUT2D eigenvalue weighted by atomic mass is 10.1. The van der Waals surface area contributed by atoms with E-state index in [0.29, 0.717) is 0 Å². The van der Waals surface area contributed by atoms with E-state index < -0.39 is 0 Å². The molecule has 0 atom stereocenters. The standard InChI is InChI=1S/C23H45N2/c1-4-7-10-12-14-17-20-25-22-21-24(19-16-9-6-3)23(25)18-15-13-11-8-5-2/h21-22H,4-20H2,1-3H3/q+1. The second-order valence-electron chi connectivity index (χ2n) is 7.74. The summed E-state index contributed by atoms with van der Waals surface area (Å²) in [4.78, 5) is 0. The van der Waals surface area contributed by atoms with Crippen LogP contribution in [0.1, 0.15) is 116 Å². The Morgan fingerprint density at radius 3 is 1.92 bits per heavy atom. The Hall–Kier alpha value is -0.790. The molecule has 2 nitrogen and oxygen atoms in total. The number of unbranched alkanes of at least 4 members (excludes halogenated alkanes) is 11. The van der Waals surface area contributed by atoms with Crippen molar-refractivity contribution in [3.05, 3.63) is 18.2 Å².